The minimum atomic E-state index is -0.871. The number of hydrogen-bond acceptors (Lipinski definition) is 3. The number of likely N-dealkylation sites (N-methyl/N-ethyl adjacent to an activating group) is 1. The average Bonchev–Trinajstić information content (AvgIpc) is 2.69. The Morgan fingerprint density at radius 2 is 2.17 bits per heavy atom. The van der Waals surface area contributed by atoms with Crippen LogP contribution in [0.4, 0.5) is 0 Å². The summed E-state index contributed by atoms with van der Waals surface area (Å²) in [6, 6.07) is 4.59. The summed E-state index contributed by atoms with van der Waals surface area (Å²) >= 11 is 0. The van der Waals surface area contributed by atoms with E-state index in [-0.39, 0.29) is 5.75 Å². The SMILES string of the molecule is CN(C)C(Cc1c[nH]c2cccc(O)c12)C(=O)O. The van der Waals surface area contributed by atoms with Gasteiger partial charge in [0.1, 0.15) is 11.8 Å². The Bertz CT molecular complexity index is 575. The molecule has 1 aromatic carbocycles. The van der Waals surface area contributed by atoms with E-state index in [9.17, 15) is 9.90 Å². The summed E-state index contributed by atoms with van der Waals surface area (Å²) in [4.78, 5) is 15.9. The van der Waals surface area contributed by atoms with Gasteiger partial charge in [0.2, 0.25) is 0 Å². The highest BCUT2D eigenvalue weighted by molar-refractivity contribution is 5.89. The second-order valence-electron chi connectivity index (χ2n) is 4.54. The third-order valence-corrected chi connectivity index (χ3v) is 3.09. The third kappa shape index (κ3) is 2.17. The molecule has 18 heavy (non-hydrogen) atoms. The maximum Gasteiger partial charge on any atom is 0.321 e. The van der Waals surface area contributed by atoms with Crippen LogP contribution in [0.15, 0.2) is 24.4 Å². The molecule has 5 nitrogen and oxygen atoms in total. The van der Waals surface area contributed by atoms with Gasteiger partial charge in [-0.05, 0) is 31.8 Å². The van der Waals surface area contributed by atoms with Crippen LogP contribution in [0.1, 0.15) is 5.56 Å². The van der Waals surface area contributed by atoms with Crippen molar-refractivity contribution in [3.8, 4) is 5.75 Å². The second kappa shape index (κ2) is 4.70. The number of fused-ring (bicyclic) bond motifs is 1. The Hall–Kier alpha value is -2.01. The van der Waals surface area contributed by atoms with Gasteiger partial charge in [-0.3, -0.25) is 9.69 Å². The molecule has 0 aliphatic carbocycles. The van der Waals surface area contributed by atoms with E-state index in [1.54, 1.807) is 37.3 Å². The molecule has 0 saturated carbocycles. The fourth-order valence-corrected chi connectivity index (χ4v) is 2.09. The summed E-state index contributed by atoms with van der Waals surface area (Å²) in [5.74, 6) is -0.698. The zero-order valence-electron chi connectivity index (χ0n) is 10.3. The minimum absolute atomic E-state index is 0.173. The number of aromatic amines is 1. The molecule has 1 unspecified atom stereocenters. The van der Waals surface area contributed by atoms with Crippen LogP contribution in [0.3, 0.4) is 0 Å². The van der Waals surface area contributed by atoms with Crippen molar-refractivity contribution in [1.29, 1.82) is 0 Å². The Kier molecular flexibility index (Phi) is 3.25. The van der Waals surface area contributed by atoms with Gasteiger partial charge in [-0.2, -0.15) is 0 Å². The normalized spacial score (nSPS) is 13.1. The lowest BCUT2D eigenvalue weighted by Gasteiger charge is -2.19. The molecule has 0 amide bonds. The smallest absolute Gasteiger partial charge is 0.321 e. The van der Waals surface area contributed by atoms with Gasteiger partial charge >= 0.3 is 5.97 Å². The summed E-state index contributed by atoms with van der Waals surface area (Å²) in [5.41, 5.74) is 1.62. The molecule has 1 atom stereocenters. The van der Waals surface area contributed by atoms with Gasteiger partial charge in [0, 0.05) is 23.5 Å². The number of nitrogens with zero attached hydrogens (tertiary/aromatic N) is 1. The second-order valence-corrected chi connectivity index (χ2v) is 4.54. The summed E-state index contributed by atoms with van der Waals surface area (Å²) < 4.78 is 0. The van der Waals surface area contributed by atoms with Crippen molar-refractivity contribution in [1.82, 2.24) is 9.88 Å². The van der Waals surface area contributed by atoms with Crippen LogP contribution < -0.4 is 0 Å². The van der Waals surface area contributed by atoms with Crippen molar-refractivity contribution in [2.45, 2.75) is 12.5 Å². The number of rotatable bonds is 4. The zero-order valence-corrected chi connectivity index (χ0v) is 10.3. The highest BCUT2D eigenvalue weighted by Gasteiger charge is 2.22. The number of aliphatic carboxylic acids is 1. The first-order valence-electron chi connectivity index (χ1n) is 5.68. The fraction of sp³-hybridized carbons (Fsp3) is 0.308. The molecule has 0 bridgehead atoms. The number of H-pyrrole nitrogens is 1. The minimum Gasteiger partial charge on any atom is -0.507 e. The third-order valence-electron chi connectivity index (χ3n) is 3.09. The van der Waals surface area contributed by atoms with E-state index in [0.717, 1.165) is 11.1 Å². The lowest BCUT2D eigenvalue weighted by molar-refractivity contribution is -0.142. The number of nitrogens with one attached hydrogen (secondary N) is 1. The monoisotopic (exact) mass is 248 g/mol. The van der Waals surface area contributed by atoms with Crippen LogP contribution in [0.5, 0.6) is 5.75 Å². The molecule has 2 aromatic rings. The molecule has 0 saturated heterocycles. The van der Waals surface area contributed by atoms with E-state index in [4.69, 9.17) is 5.11 Å². The van der Waals surface area contributed by atoms with Crippen molar-refractivity contribution in [2.24, 2.45) is 0 Å². The maximum atomic E-state index is 11.2. The van der Waals surface area contributed by atoms with Gasteiger partial charge in [0.15, 0.2) is 0 Å². The van der Waals surface area contributed by atoms with Crippen LogP contribution in [0, 0.1) is 0 Å². The predicted molar refractivity (Wildman–Crippen MR) is 68.8 cm³/mol. The van der Waals surface area contributed by atoms with Gasteiger partial charge in [0.25, 0.3) is 0 Å². The molecule has 96 valence electrons. The molecule has 0 aliphatic rings. The van der Waals surface area contributed by atoms with Crippen LogP contribution in [-0.4, -0.2) is 46.2 Å². The Morgan fingerprint density at radius 1 is 1.44 bits per heavy atom. The van der Waals surface area contributed by atoms with Crippen molar-refractivity contribution in [3.05, 3.63) is 30.0 Å². The van der Waals surface area contributed by atoms with Crippen LogP contribution in [0.2, 0.25) is 0 Å². The number of carboxylic acid groups (broad SMARTS) is 1. The van der Waals surface area contributed by atoms with Crippen LogP contribution in [-0.2, 0) is 11.2 Å². The number of aromatic nitrogens is 1. The molecular formula is C13H16N2O3. The zero-order chi connectivity index (χ0) is 13.3. The quantitative estimate of drug-likeness (QED) is 0.765. The van der Waals surface area contributed by atoms with E-state index in [1.165, 1.54) is 0 Å². The van der Waals surface area contributed by atoms with Crippen molar-refractivity contribution in [3.63, 3.8) is 0 Å². The van der Waals surface area contributed by atoms with E-state index < -0.39 is 12.0 Å². The van der Waals surface area contributed by atoms with Crippen molar-refractivity contribution < 1.29 is 15.0 Å². The lowest BCUT2D eigenvalue weighted by atomic mass is 10.0. The lowest BCUT2D eigenvalue weighted by Crippen LogP contribution is -2.37. The molecule has 1 aromatic heterocycles. The van der Waals surface area contributed by atoms with Gasteiger partial charge in [-0.1, -0.05) is 6.07 Å². The maximum absolute atomic E-state index is 11.2. The average molecular weight is 248 g/mol. The van der Waals surface area contributed by atoms with E-state index >= 15 is 0 Å². The first-order chi connectivity index (χ1) is 8.50. The number of hydrogen-bond donors (Lipinski definition) is 3. The molecule has 0 spiro atoms. The largest absolute Gasteiger partial charge is 0.507 e. The number of carboxylic acids is 1. The van der Waals surface area contributed by atoms with E-state index in [2.05, 4.69) is 4.98 Å². The number of carbonyl (C=O) groups is 1. The molecule has 3 N–H and O–H groups in total. The summed E-state index contributed by atoms with van der Waals surface area (Å²) in [5, 5.41) is 19.7. The fourth-order valence-electron chi connectivity index (χ4n) is 2.09. The topological polar surface area (TPSA) is 76.6 Å². The van der Waals surface area contributed by atoms with Crippen molar-refractivity contribution >= 4 is 16.9 Å². The molecule has 5 heteroatoms. The van der Waals surface area contributed by atoms with Crippen LogP contribution >= 0.6 is 0 Å². The highest BCUT2D eigenvalue weighted by atomic mass is 16.4. The molecule has 2 rings (SSSR count). The number of aromatic hydroxyl groups is 1. The molecule has 1 heterocycles. The standard InChI is InChI=1S/C13H16N2O3/c1-15(2)10(13(17)18)6-8-7-14-9-4-3-5-11(16)12(8)9/h3-5,7,10,14,16H,6H2,1-2H3,(H,17,18). The number of phenolic OH excluding ortho intramolecular Hbond substituents is 1. The van der Waals surface area contributed by atoms with Crippen molar-refractivity contribution in [2.75, 3.05) is 14.1 Å². The van der Waals surface area contributed by atoms with Gasteiger partial charge < -0.3 is 15.2 Å². The highest BCUT2D eigenvalue weighted by Crippen LogP contribution is 2.28. The van der Waals surface area contributed by atoms with Gasteiger partial charge in [-0.25, -0.2) is 0 Å². The Morgan fingerprint density at radius 3 is 2.78 bits per heavy atom. The summed E-state index contributed by atoms with van der Waals surface area (Å²) in [6.45, 7) is 0. The Labute approximate surface area is 105 Å². The first-order valence-corrected chi connectivity index (χ1v) is 5.68. The molecule has 0 fully saturated rings. The number of benzene rings is 1. The van der Waals surface area contributed by atoms with E-state index in [1.807, 2.05) is 6.07 Å². The predicted octanol–water partition coefficient (Wildman–Crippen LogP) is 1.43. The van der Waals surface area contributed by atoms with Gasteiger partial charge in [-0.15, -0.1) is 0 Å². The van der Waals surface area contributed by atoms with Gasteiger partial charge in [0.05, 0.1) is 0 Å². The number of phenols is 1. The molecule has 0 aliphatic heterocycles. The Balaban J connectivity index is 2.40. The summed E-state index contributed by atoms with van der Waals surface area (Å²) in [6.07, 6.45) is 2.10. The van der Waals surface area contributed by atoms with Crippen LogP contribution in [0.25, 0.3) is 10.9 Å². The first kappa shape index (κ1) is 12.4. The summed E-state index contributed by atoms with van der Waals surface area (Å²) in [7, 11) is 3.46. The van der Waals surface area contributed by atoms with E-state index in [0.29, 0.717) is 11.8 Å². The molecular weight excluding hydrogens is 232 g/mol. The molecule has 0 radical (unpaired) electrons.